The normalized spacial score (nSPS) is 12.0. The van der Waals surface area contributed by atoms with E-state index in [4.69, 9.17) is 21.8 Å². The number of hydrogen-bond donors (Lipinski definition) is 2. The van der Waals surface area contributed by atoms with E-state index in [1.807, 2.05) is 12.1 Å². The van der Waals surface area contributed by atoms with Gasteiger partial charge in [-0.2, -0.15) is 10.2 Å². The molecule has 4 rings (SSSR count). The van der Waals surface area contributed by atoms with Crippen molar-refractivity contribution in [3.8, 4) is 11.6 Å². The number of aryl methyl sites for hydroxylation is 1. The maximum Gasteiger partial charge on any atom is 0.347 e. The molecule has 0 unspecified atom stereocenters. The van der Waals surface area contributed by atoms with Gasteiger partial charge in [0.15, 0.2) is 5.84 Å². The van der Waals surface area contributed by atoms with Crippen LogP contribution in [-0.4, -0.2) is 27.0 Å². The average molecular weight is 552 g/mol. The minimum Gasteiger partial charge on any atom is -0.401 e. The van der Waals surface area contributed by atoms with E-state index in [1.54, 1.807) is 25.1 Å². The number of aromatic nitrogens is 3. The molecular formula is C22H18BrClF2N6O2. The van der Waals surface area contributed by atoms with E-state index in [2.05, 4.69) is 36.5 Å². The summed E-state index contributed by atoms with van der Waals surface area (Å²) in [5.74, 6) is 0.122. The predicted molar refractivity (Wildman–Crippen MR) is 129 cm³/mol. The van der Waals surface area contributed by atoms with Crippen molar-refractivity contribution in [2.24, 2.45) is 10.8 Å². The van der Waals surface area contributed by atoms with Crippen molar-refractivity contribution in [2.75, 3.05) is 0 Å². The number of nitrogens with zero attached hydrogens (tertiary/aromatic N) is 4. The van der Waals surface area contributed by atoms with Crippen LogP contribution in [0.3, 0.4) is 0 Å². The third-order valence-corrected chi connectivity index (χ3v) is 5.60. The highest BCUT2D eigenvalue weighted by Crippen LogP contribution is 2.25. The van der Waals surface area contributed by atoms with Crippen molar-refractivity contribution in [2.45, 2.75) is 26.4 Å². The molecule has 0 aliphatic carbocycles. The molecular weight excluding hydrogens is 534 g/mol. The molecule has 0 amide bonds. The lowest BCUT2D eigenvalue weighted by molar-refractivity contribution is 0.122. The van der Waals surface area contributed by atoms with Gasteiger partial charge in [0.25, 0.3) is 6.43 Å². The van der Waals surface area contributed by atoms with Gasteiger partial charge in [-0.1, -0.05) is 39.7 Å². The minimum atomic E-state index is -2.68. The van der Waals surface area contributed by atoms with Gasteiger partial charge in [-0.3, -0.25) is 4.68 Å². The summed E-state index contributed by atoms with van der Waals surface area (Å²) < 4.78 is 33.7. The number of hydrogen-bond acceptors (Lipinski definition) is 6. The van der Waals surface area contributed by atoms with E-state index in [1.165, 1.54) is 12.1 Å². The molecule has 0 saturated carbocycles. The molecule has 176 valence electrons. The molecule has 0 aliphatic heterocycles. The van der Waals surface area contributed by atoms with Crippen LogP contribution in [-0.2, 0) is 13.1 Å². The Morgan fingerprint density at radius 3 is 2.74 bits per heavy atom. The molecule has 0 fully saturated rings. The molecule has 3 N–H and O–H groups in total. The lowest BCUT2D eigenvalue weighted by Crippen LogP contribution is -2.19. The fraction of sp³-hybridized carbons (Fsp3) is 0.182. The predicted octanol–water partition coefficient (Wildman–Crippen LogP) is 4.45. The van der Waals surface area contributed by atoms with E-state index in [0.29, 0.717) is 27.4 Å². The Balaban J connectivity index is 1.65. The van der Waals surface area contributed by atoms with Crippen LogP contribution in [0.1, 0.15) is 16.8 Å². The van der Waals surface area contributed by atoms with E-state index in [9.17, 15) is 13.6 Å². The van der Waals surface area contributed by atoms with Gasteiger partial charge in [0.05, 0.1) is 23.1 Å². The van der Waals surface area contributed by atoms with Crippen LogP contribution >= 0.6 is 27.5 Å². The van der Waals surface area contributed by atoms with Gasteiger partial charge in [0.2, 0.25) is 5.89 Å². The molecule has 0 atom stereocenters. The van der Waals surface area contributed by atoms with Crippen molar-refractivity contribution in [1.29, 1.82) is 0 Å². The number of hydrazone groups is 1. The summed E-state index contributed by atoms with van der Waals surface area (Å²) in [5.41, 5.74) is 10.3. The van der Waals surface area contributed by atoms with Crippen LogP contribution in [0.15, 0.2) is 61.3 Å². The lowest BCUT2D eigenvalue weighted by Gasteiger charge is -2.07. The first-order valence-corrected chi connectivity index (χ1v) is 11.2. The summed E-state index contributed by atoms with van der Waals surface area (Å²) in [4.78, 5) is 16.9. The molecule has 2 aromatic heterocycles. The number of alkyl halides is 2. The van der Waals surface area contributed by atoms with Gasteiger partial charge < -0.3 is 15.6 Å². The third kappa shape index (κ3) is 5.26. The highest BCUT2D eigenvalue weighted by molar-refractivity contribution is 9.10. The second-order valence-corrected chi connectivity index (χ2v) is 8.71. The van der Waals surface area contributed by atoms with Gasteiger partial charge in [-0.05, 0) is 42.8 Å². The van der Waals surface area contributed by atoms with Gasteiger partial charge in [-0.15, -0.1) is 0 Å². The molecule has 8 nitrogen and oxygen atoms in total. The van der Waals surface area contributed by atoms with E-state index < -0.39 is 18.6 Å². The highest BCUT2D eigenvalue weighted by Gasteiger charge is 2.19. The Bertz CT molecular complexity index is 1440. The van der Waals surface area contributed by atoms with Crippen LogP contribution in [0.2, 0.25) is 5.02 Å². The van der Waals surface area contributed by atoms with Crippen LogP contribution in [0, 0.1) is 6.92 Å². The van der Waals surface area contributed by atoms with Crippen molar-refractivity contribution >= 4 is 44.3 Å². The molecule has 34 heavy (non-hydrogen) atoms. The number of halogens is 4. The van der Waals surface area contributed by atoms with Gasteiger partial charge in [0.1, 0.15) is 12.2 Å². The average Bonchev–Trinajstić information content (AvgIpc) is 3.16. The SMILES string of the molecule is Cc1cc(Cl)cc2c(=O)oc(-c3cc(CN/N=C(\N)c4ccc(Br)cc4)nn3CC(F)F)nc12. The molecule has 0 saturated heterocycles. The first-order chi connectivity index (χ1) is 16.2. The number of nitrogens with one attached hydrogen (secondary N) is 1. The summed E-state index contributed by atoms with van der Waals surface area (Å²) in [7, 11) is 0. The number of nitrogens with two attached hydrogens (primary N) is 1. The van der Waals surface area contributed by atoms with Crippen LogP contribution in [0.5, 0.6) is 0 Å². The number of fused-ring (bicyclic) bond motifs is 1. The Hall–Kier alpha value is -3.31. The molecule has 2 aromatic carbocycles. The molecule has 2 heterocycles. The van der Waals surface area contributed by atoms with Crippen LogP contribution in [0.25, 0.3) is 22.5 Å². The maximum atomic E-state index is 13.2. The quantitative estimate of drug-likeness (QED) is 0.199. The Morgan fingerprint density at radius 2 is 2.03 bits per heavy atom. The number of rotatable bonds is 7. The maximum absolute atomic E-state index is 13.2. The largest absolute Gasteiger partial charge is 0.401 e. The van der Waals surface area contributed by atoms with Crippen molar-refractivity contribution < 1.29 is 13.2 Å². The second kappa shape index (κ2) is 9.90. The summed E-state index contributed by atoms with van der Waals surface area (Å²) >= 11 is 9.37. The summed E-state index contributed by atoms with van der Waals surface area (Å²) in [6.07, 6.45) is -2.68. The van der Waals surface area contributed by atoms with Crippen molar-refractivity contribution in [1.82, 2.24) is 20.2 Å². The van der Waals surface area contributed by atoms with E-state index in [0.717, 1.165) is 9.15 Å². The minimum absolute atomic E-state index is 0.0902. The molecule has 0 spiro atoms. The zero-order valence-corrected chi connectivity index (χ0v) is 20.1. The molecule has 0 aliphatic rings. The van der Waals surface area contributed by atoms with E-state index in [-0.39, 0.29) is 29.4 Å². The fourth-order valence-electron chi connectivity index (χ4n) is 3.31. The molecule has 12 heteroatoms. The Morgan fingerprint density at radius 1 is 1.29 bits per heavy atom. The Kier molecular flexibility index (Phi) is 6.94. The summed E-state index contributed by atoms with van der Waals surface area (Å²) in [5, 5.41) is 8.85. The lowest BCUT2D eigenvalue weighted by atomic mass is 10.1. The first-order valence-electron chi connectivity index (χ1n) is 9.99. The topological polar surface area (TPSA) is 111 Å². The summed E-state index contributed by atoms with van der Waals surface area (Å²) in [6.45, 7) is 1.12. The third-order valence-electron chi connectivity index (χ3n) is 4.85. The molecule has 0 radical (unpaired) electrons. The number of benzene rings is 2. The standard InChI is InChI=1S/C22H18BrClF2N6O2/c1-11-6-14(24)7-16-19(11)29-21(34-22(16)33)17-8-15(31-32(17)10-18(25)26)9-28-30-20(27)12-2-4-13(23)5-3-12/h2-8,18,28H,9-10H2,1H3,(H2,27,30). The van der Waals surface area contributed by atoms with Crippen LogP contribution in [0.4, 0.5) is 8.78 Å². The molecule has 4 aromatic rings. The van der Waals surface area contributed by atoms with Crippen molar-refractivity contribution in [3.05, 3.63) is 79.2 Å². The van der Waals surface area contributed by atoms with Gasteiger partial charge in [0, 0.05) is 15.1 Å². The van der Waals surface area contributed by atoms with E-state index >= 15 is 0 Å². The second-order valence-electron chi connectivity index (χ2n) is 7.36. The first kappa shape index (κ1) is 23.8. The van der Waals surface area contributed by atoms with Gasteiger partial charge in [-0.25, -0.2) is 18.6 Å². The fourth-order valence-corrected chi connectivity index (χ4v) is 3.84. The zero-order chi connectivity index (χ0) is 24.4. The zero-order valence-electron chi connectivity index (χ0n) is 17.7. The monoisotopic (exact) mass is 550 g/mol. The van der Waals surface area contributed by atoms with Crippen LogP contribution < -0.4 is 16.8 Å². The summed E-state index contributed by atoms with van der Waals surface area (Å²) in [6, 6.07) is 11.9. The van der Waals surface area contributed by atoms with Gasteiger partial charge >= 0.3 is 5.63 Å². The van der Waals surface area contributed by atoms with Crippen molar-refractivity contribution in [3.63, 3.8) is 0 Å². The molecule has 0 bridgehead atoms. The smallest absolute Gasteiger partial charge is 0.347 e. The number of amidine groups is 1. The highest BCUT2D eigenvalue weighted by atomic mass is 79.9. The Labute approximate surface area is 205 Å².